The largest absolute Gasteiger partial charge is 0.315 e. The van der Waals surface area contributed by atoms with Gasteiger partial charge in [0.05, 0.1) is 5.69 Å². The van der Waals surface area contributed by atoms with Crippen LogP contribution in [0.5, 0.6) is 0 Å². The first-order chi connectivity index (χ1) is 6.40. The molecule has 0 bridgehead atoms. The fourth-order valence-electron chi connectivity index (χ4n) is 1.44. The Morgan fingerprint density at radius 2 is 2.46 bits per heavy atom. The molecule has 4 heteroatoms. The van der Waals surface area contributed by atoms with E-state index < -0.39 is 0 Å². The SMILES string of the molecule is CCNCc1cc(C2CNC2)n[nH]1. The highest BCUT2D eigenvalue weighted by molar-refractivity contribution is 5.16. The van der Waals surface area contributed by atoms with Crippen molar-refractivity contribution in [3.05, 3.63) is 17.5 Å². The van der Waals surface area contributed by atoms with Crippen LogP contribution in [0.2, 0.25) is 0 Å². The number of nitrogens with one attached hydrogen (secondary N) is 3. The minimum Gasteiger partial charge on any atom is -0.315 e. The van der Waals surface area contributed by atoms with Crippen LogP contribution >= 0.6 is 0 Å². The van der Waals surface area contributed by atoms with Crippen molar-refractivity contribution in [2.75, 3.05) is 19.6 Å². The number of aromatic amines is 1. The molecule has 0 atom stereocenters. The maximum atomic E-state index is 4.29. The minimum atomic E-state index is 0.631. The zero-order valence-corrected chi connectivity index (χ0v) is 7.93. The van der Waals surface area contributed by atoms with E-state index in [4.69, 9.17) is 0 Å². The van der Waals surface area contributed by atoms with E-state index in [1.165, 1.54) is 11.4 Å². The van der Waals surface area contributed by atoms with Crippen LogP contribution in [-0.4, -0.2) is 29.8 Å². The first-order valence-electron chi connectivity index (χ1n) is 4.85. The summed E-state index contributed by atoms with van der Waals surface area (Å²) in [5, 5.41) is 13.8. The first kappa shape index (κ1) is 8.72. The molecular weight excluding hydrogens is 164 g/mol. The molecule has 4 nitrogen and oxygen atoms in total. The molecule has 0 amide bonds. The van der Waals surface area contributed by atoms with Crippen molar-refractivity contribution in [1.29, 1.82) is 0 Å². The van der Waals surface area contributed by atoms with Gasteiger partial charge in [-0.25, -0.2) is 0 Å². The zero-order valence-electron chi connectivity index (χ0n) is 7.93. The van der Waals surface area contributed by atoms with Gasteiger partial charge in [0.15, 0.2) is 0 Å². The van der Waals surface area contributed by atoms with Gasteiger partial charge in [0.1, 0.15) is 0 Å². The van der Waals surface area contributed by atoms with E-state index in [9.17, 15) is 0 Å². The normalized spacial score (nSPS) is 17.3. The van der Waals surface area contributed by atoms with Gasteiger partial charge in [-0.2, -0.15) is 5.10 Å². The van der Waals surface area contributed by atoms with Crippen molar-refractivity contribution in [3.8, 4) is 0 Å². The highest BCUT2D eigenvalue weighted by Gasteiger charge is 2.21. The smallest absolute Gasteiger partial charge is 0.0681 e. The Bertz CT molecular complexity index is 264. The second-order valence-corrected chi connectivity index (χ2v) is 3.45. The lowest BCUT2D eigenvalue weighted by Crippen LogP contribution is -2.40. The van der Waals surface area contributed by atoms with Crippen LogP contribution < -0.4 is 10.6 Å². The molecule has 1 fully saturated rings. The molecule has 1 aliphatic heterocycles. The summed E-state index contributed by atoms with van der Waals surface area (Å²) in [7, 11) is 0. The maximum absolute atomic E-state index is 4.29. The van der Waals surface area contributed by atoms with Crippen LogP contribution in [-0.2, 0) is 6.54 Å². The third-order valence-corrected chi connectivity index (χ3v) is 2.42. The number of rotatable bonds is 4. The number of nitrogens with zero attached hydrogens (tertiary/aromatic N) is 1. The maximum Gasteiger partial charge on any atom is 0.0681 e. The van der Waals surface area contributed by atoms with Gasteiger partial charge in [0.25, 0.3) is 0 Å². The van der Waals surface area contributed by atoms with Gasteiger partial charge in [-0.05, 0) is 12.6 Å². The lowest BCUT2D eigenvalue weighted by molar-refractivity contribution is 0.439. The summed E-state index contributed by atoms with van der Waals surface area (Å²) in [5.74, 6) is 0.631. The fraction of sp³-hybridized carbons (Fsp3) is 0.667. The Hall–Kier alpha value is -0.870. The summed E-state index contributed by atoms with van der Waals surface area (Å²) in [6, 6.07) is 2.16. The Morgan fingerprint density at radius 1 is 1.62 bits per heavy atom. The summed E-state index contributed by atoms with van der Waals surface area (Å²) in [5.41, 5.74) is 2.38. The van der Waals surface area contributed by atoms with Crippen molar-refractivity contribution in [3.63, 3.8) is 0 Å². The van der Waals surface area contributed by atoms with E-state index in [0.717, 1.165) is 26.2 Å². The summed E-state index contributed by atoms with van der Waals surface area (Å²) in [6.45, 7) is 6.15. The number of hydrogen-bond acceptors (Lipinski definition) is 3. The lowest BCUT2D eigenvalue weighted by Gasteiger charge is -2.24. The molecule has 0 spiro atoms. The van der Waals surface area contributed by atoms with Crippen LogP contribution in [0.4, 0.5) is 0 Å². The summed E-state index contributed by atoms with van der Waals surface area (Å²) in [6.07, 6.45) is 0. The molecule has 1 aromatic heterocycles. The van der Waals surface area contributed by atoms with E-state index in [1.807, 2.05) is 0 Å². The molecule has 72 valence electrons. The van der Waals surface area contributed by atoms with E-state index in [0.29, 0.717) is 5.92 Å². The molecule has 2 heterocycles. The van der Waals surface area contributed by atoms with Crippen LogP contribution in [0.15, 0.2) is 6.07 Å². The predicted molar refractivity (Wildman–Crippen MR) is 51.6 cm³/mol. The third-order valence-electron chi connectivity index (χ3n) is 2.42. The monoisotopic (exact) mass is 180 g/mol. The van der Waals surface area contributed by atoms with Crippen molar-refractivity contribution < 1.29 is 0 Å². The minimum absolute atomic E-state index is 0.631. The van der Waals surface area contributed by atoms with Crippen LogP contribution in [0.3, 0.4) is 0 Å². The van der Waals surface area contributed by atoms with Crippen LogP contribution in [0.25, 0.3) is 0 Å². The first-order valence-corrected chi connectivity index (χ1v) is 4.85. The molecular formula is C9H16N4. The Labute approximate surface area is 78.1 Å². The second-order valence-electron chi connectivity index (χ2n) is 3.45. The van der Waals surface area contributed by atoms with E-state index in [1.54, 1.807) is 0 Å². The molecule has 0 saturated carbocycles. The van der Waals surface area contributed by atoms with Crippen molar-refractivity contribution in [1.82, 2.24) is 20.8 Å². The average Bonchev–Trinajstić information content (AvgIpc) is 2.46. The van der Waals surface area contributed by atoms with Crippen LogP contribution in [0, 0.1) is 0 Å². The predicted octanol–water partition coefficient (Wildman–Crippen LogP) is 0.206. The van der Waals surface area contributed by atoms with Crippen molar-refractivity contribution in [2.45, 2.75) is 19.4 Å². The van der Waals surface area contributed by atoms with E-state index in [2.05, 4.69) is 33.8 Å². The van der Waals surface area contributed by atoms with E-state index >= 15 is 0 Å². The summed E-state index contributed by atoms with van der Waals surface area (Å²) in [4.78, 5) is 0. The molecule has 0 radical (unpaired) electrons. The average molecular weight is 180 g/mol. The second kappa shape index (κ2) is 3.89. The molecule has 0 unspecified atom stereocenters. The molecule has 1 aliphatic rings. The van der Waals surface area contributed by atoms with Gasteiger partial charge in [-0.1, -0.05) is 6.92 Å². The Morgan fingerprint density at radius 3 is 3.08 bits per heavy atom. The molecule has 13 heavy (non-hydrogen) atoms. The topological polar surface area (TPSA) is 52.7 Å². The molecule has 1 aromatic rings. The standard InChI is InChI=1S/C9H16N4/c1-2-10-6-8-3-9(13-12-8)7-4-11-5-7/h3,7,10-11H,2,4-6H2,1H3,(H,12,13). The summed E-state index contributed by atoms with van der Waals surface area (Å²) < 4.78 is 0. The molecule has 0 aliphatic carbocycles. The fourth-order valence-corrected chi connectivity index (χ4v) is 1.44. The van der Waals surface area contributed by atoms with Gasteiger partial charge in [-0.15, -0.1) is 0 Å². The highest BCUT2D eigenvalue weighted by atomic mass is 15.1. The Balaban J connectivity index is 1.92. The van der Waals surface area contributed by atoms with E-state index in [-0.39, 0.29) is 0 Å². The third kappa shape index (κ3) is 1.89. The zero-order chi connectivity index (χ0) is 9.10. The highest BCUT2D eigenvalue weighted by Crippen LogP contribution is 2.17. The lowest BCUT2D eigenvalue weighted by atomic mass is 9.99. The molecule has 3 N–H and O–H groups in total. The Kier molecular flexibility index (Phi) is 2.61. The molecule has 1 saturated heterocycles. The van der Waals surface area contributed by atoms with Crippen molar-refractivity contribution >= 4 is 0 Å². The van der Waals surface area contributed by atoms with Gasteiger partial charge in [0.2, 0.25) is 0 Å². The number of H-pyrrole nitrogens is 1. The molecule has 0 aromatic carbocycles. The number of hydrogen-bond donors (Lipinski definition) is 3. The van der Waals surface area contributed by atoms with Gasteiger partial charge in [0, 0.05) is 31.2 Å². The summed E-state index contributed by atoms with van der Waals surface area (Å²) >= 11 is 0. The molecule has 2 rings (SSSR count). The van der Waals surface area contributed by atoms with Gasteiger partial charge < -0.3 is 10.6 Å². The van der Waals surface area contributed by atoms with Crippen LogP contribution in [0.1, 0.15) is 24.2 Å². The van der Waals surface area contributed by atoms with Gasteiger partial charge in [-0.3, -0.25) is 5.10 Å². The quantitative estimate of drug-likeness (QED) is 0.620. The van der Waals surface area contributed by atoms with Crippen molar-refractivity contribution in [2.24, 2.45) is 0 Å². The number of aromatic nitrogens is 2. The van der Waals surface area contributed by atoms with Gasteiger partial charge >= 0.3 is 0 Å².